The largest absolute Gasteiger partial charge is 0.481 e. The second-order valence-electron chi connectivity index (χ2n) is 6.35. The van der Waals surface area contributed by atoms with Gasteiger partial charge in [0, 0.05) is 18.5 Å². The van der Waals surface area contributed by atoms with E-state index in [9.17, 15) is 9.59 Å². The van der Waals surface area contributed by atoms with Crippen LogP contribution in [-0.4, -0.2) is 48.1 Å². The van der Waals surface area contributed by atoms with E-state index >= 15 is 0 Å². The van der Waals surface area contributed by atoms with Gasteiger partial charge in [0.15, 0.2) is 0 Å². The third-order valence-electron chi connectivity index (χ3n) is 4.45. The number of rotatable bonds is 6. The van der Waals surface area contributed by atoms with Crippen LogP contribution in [0.1, 0.15) is 40.5 Å². The number of carboxylic acid groups (broad SMARTS) is 1. The molecule has 2 atom stereocenters. The third kappa shape index (κ3) is 3.95. The summed E-state index contributed by atoms with van der Waals surface area (Å²) in [5.41, 5.74) is -0.443. The molecular formula is C15H28N2O3. The van der Waals surface area contributed by atoms with Crippen LogP contribution >= 0.6 is 0 Å². The van der Waals surface area contributed by atoms with Crippen LogP contribution in [0.2, 0.25) is 0 Å². The van der Waals surface area contributed by atoms with Crippen molar-refractivity contribution in [1.82, 2.24) is 10.2 Å². The molecule has 1 heterocycles. The van der Waals surface area contributed by atoms with E-state index in [1.165, 1.54) is 0 Å². The number of hydrogen-bond donors (Lipinski definition) is 2. The van der Waals surface area contributed by atoms with Crippen molar-refractivity contribution in [3.63, 3.8) is 0 Å². The average Bonchev–Trinajstić information content (AvgIpc) is 2.44. The molecule has 1 saturated heterocycles. The molecule has 1 aliphatic heterocycles. The van der Waals surface area contributed by atoms with Gasteiger partial charge in [-0.15, -0.1) is 0 Å². The predicted octanol–water partition coefficient (Wildman–Crippen LogP) is 1.58. The Hall–Kier alpha value is -1.10. The Labute approximate surface area is 121 Å². The first-order chi connectivity index (χ1) is 9.30. The molecule has 0 radical (unpaired) electrons. The fourth-order valence-electron chi connectivity index (χ4n) is 2.81. The molecule has 0 aromatic rings. The van der Waals surface area contributed by atoms with Crippen molar-refractivity contribution in [2.75, 3.05) is 26.2 Å². The van der Waals surface area contributed by atoms with Gasteiger partial charge in [0.1, 0.15) is 0 Å². The summed E-state index contributed by atoms with van der Waals surface area (Å²) in [6.45, 7) is 10.3. The van der Waals surface area contributed by atoms with Crippen LogP contribution in [0.3, 0.4) is 0 Å². The Bertz CT molecular complexity index is 349. The van der Waals surface area contributed by atoms with Crippen molar-refractivity contribution in [2.45, 2.75) is 40.5 Å². The summed E-state index contributed by atoms with van der Waals surface area (Å²) >= 11 is 0. The molecule has 2 unspecified atom stereocenters. The Balaban J connectivity index is 2.75. The summed E-state index contributed by atoms with van der Waals surface area (Å²) in [4.78, 5) is 25.4. The lowest BCUT2D eigenvalue weighted by atomic mass is 9.74. The number of hydrogen-bond acceptors (Lipinski definition) is 3. The van der Waals surface area contributed by atoms with Crippen LogP contribution in [0, 0.1) is 17.3 Å². The van der Waals surface area contributed by atoms with Crippen molar-refractivity contribution >= 4 is 11.9 Å². The Morgan fingerprint density at radius 1 is 1.45 bits per heavy atom. The first kappa shape index (κ1) is 17.0. The number of aliphatic carboxylic acids is 1. The highest BCUT2D eigenvalue weighted by molar-refractivity contribution is 5.83. The minimum atomic E-state index is -0.853. The maximum atomic E-state index is 12.8. The number of amides is 1. The molecule has 116 valence electrons. The first-order valence-corrected chi connectivity index (χ1v) is 7.53. The molecule has 0 aromatic heterocycles. The van der Waals surface area contributed by atoms with Crippen LogP contribution in [0.5, 0.6) is 0 Å². The van der Waals surface area contributed by atoms with Crippen molar-refractivity contribution in [3.8, 4) is 0 Å². The van der Waals surface area contributed by atoms with Gasteiger partial charge in [0.2, 0.25) is 5.91 Å². The summed E-state index contributed by atoms with van der Waals surface area (Å²) in [5.74, 6) is -0.993. The third-order valence-corrected chi connectivity index (χ3v) is 4.45. The highest BCUT2D eigenvalue weighted by Crippen LogP contribution is 2.33. The van der Waals surface area contributed by atoms with Gasteiger partial charge >= 0.3 is 5.97 Å². The Kier molecular flexibility index (Phi) is 5.99. The molecule has 0 aromatic carbocycles. The maximum Gasteiger partial charge on any atom is 0.308 e. The molecule has 0 aliphatic carbocycles. The molecular weight excluding hydrogens is 256 g/mol. The maximum absolute atomic E-state index is 12.8. The summed E-state index contributed by atoms with van der Waals surface area (Å²) in [7, 11) is 0. The summed E-state index contributed by atoms with van der Waals surface area (Å²) in [6.07, 6.45) is 2.15. The van der Waals surface area contributed by atoms with Gasteiger partial charge < -0.3 is 15.3 Å². The zero-order valence-electron chi connectivity index (χ0n) is 13.1. The topological polar surface area (TPSA) is 69.6 Å². The number of nitrogens with zero attached hydrogens (tertiary/aromatic N) is 1. The van der Waals surface area contributed by atoms with E-state index in [1.54, 1.807) is 11.8 Å². The molecule has 0 spiro atoms. The van der Waals surface area contributed by atoms with E-state index in [1.807, 2.05) is 20.8 Å². The molecule has 1 aliphatic rings. The lowest BCUT2D eigenvalue weighted by Crippen LogP contribution is -2.50. The van der Waals surface area contributed by atoms with Crippen molar-refractivity contribution in [3.05, 3.63) is 0 Å². The normalized spacial score (nSPS) is 21.3. The Morgan fingerprint density at radius 3 is 2.55 bits per heavy atom. The number of carbonyl (C=O) groups excluding carboxylic acids is 1. The van der Waals surface area contributed by atoms with Crippen molar-refractivity contribution in [2.24, 2.45) is 17.3 Å². The van der Waals surface area contributed by atoms with Crippen LogP contribution in [0.25, 0.3) is 0 Å². The zero-order valence-corrected chi connectivity index (χ0v) is 13.1. The number of nitrogens with one attached hydrogen (secondary N) is 1. The monoisotopic (exact) mass is 284 g/mol. The van der Waals surface area contributed by atoms with E-state index in [0.717, 1.165) is 25.9 Å². The van der Waals surface area contributed by atoms with Crippen molar-refractivity contribution < 1.29 is 14.7 Å². The average molecular weight is 284 g/mol. The fourth-order valence-corrected chi connectivity index (χ4v) is 2.81. The Morgan fingerprint density at radius 2 is 2.10 bits per heavy atom. The van der Waals surface area contributed by atoms with Gasteiger partial charge in [0.25, 0.3) is 0 Å². The van der Waals surface area contributed by atoms with E-state index < -0.39 is 17.3 Å². The first-order valence-electron chi connectivity index (χ1n) is 7.53. The van der Waals surface area contributed by atoms with Gasteiger partial charge in [-0.3, -0.25) is 9.59 Å². The summed E-state index contributed by atoms with van der Waals surface area (Å²) < 4.78 is 0. The summed E-state index contributed by atoms with van der Waals surface area (Å²) in [5, 5.41) is 12.4. The highest BCUT2D eigenvalue weighted by Gasteiger charge is 2.39. The summed E-state index contributed by atoms with van der Waals surface area (Å²) in [6, 6.07) is 0. The molecule has 20 heavy (non-hydrogen) atoms. The minimum absolute atomic E-state index is 0.0711. The molecule has 2 N–H and O–H groups in total. The molecule has 5 nitrogen and oxygen atoms in total. The van der Waals surface area contributed by atoms with Crippen LogP contribution in [-0.2, 0) is 9.59 Å². The quantitative estimate of drug-likeness (QED) is 0.777. The molecule has 1 amide bonds. The van der Waals surface area contributed by atoms with Gasteiger partial charge in [-0.1, -0.05) is 20.8 Å². The van der Waals surface area contributed by atoms with Gasteiger partial charge in [-0.05, 0) is 38.8 Å². The lowest BCUT2D eigenvalue weighted by molar-refractivity contribution is -0.147. The van der Waals surface area contributed by atoms with Crippen LogP contribution in [0.15, 0.2) is 0 Å². The fraction of sp³-hybridized carbons (Fsp3) is 0.867. The van der Waals surface area contributed by atoms with Crippen molar-refractivity contribution in [1.29, 1.82) is 0 Å². The van der Waals surface area contributed by atoms with E-state index in [-0.39, 0.29) is 12.5 Å². The van der Waals surface area contributed by atoms with Gasteiger partial charge in [-0.2, -0.15) is 0 Å². The standard InChI is InChI=1S/C15H28N2O3/c1-5-17(10-11(2)13(18)19)14(20)15(3,4)12-7-6-8-16-9-12/h11-12,16H,5-10H2,1-4H3,(H,18,19). The van der Waals surface area contributed by atoms with E-state index in [0.29, 0.717) is 12.5 Å². The highest BCUT2D eigenvalue weighted by atomic mass is 16.4. The molecule has 0 saturated carbocycles. The van der Waals surface area contributed by atoms with Gasteiger partial charge in [-0.25, -0.2) is 0 Å². The van der Waals surface area contributed by atoms with E-state index in [2.05, 4.69) is 5.32 Å². The van der Waals surface area contributed by atoms with Crippen LogP contribution in [0.4, 0.5) is 0 Å². The zero-order chi connectivity index (χ0) is 15.3. The number of carbonyl (C=O) groups is 2. The van der Waals surface area contributed by atoms with Gasteiger partial charge in [0.05, 0.1) is 5.92 Å². The molecule has 0 bridgehead atoms. The second kappa shape index (κ2) is 7.07. The molecule has 5 heteroatoms. The lowest BCUT2D eigenvalue weighted by Gasteiger charge is -2.39. The molecule has 1 fully saturated rings. The van der Waals surface area contributed by atoms with Crippen LogP contribution < -0.4 is 5.32 Å². The predicted molar refractivity (Wildman–Crippen MR) is 78.4 cm³/mol. The minimum Gasteiger partial charge on any atom is -0.481 e. The molecule has 1 rings (SSSR count). The number of carboxylic acids is 1. The number of piperidine rings is 1. The second-order valence-corrected chi connectivity index (χ2v) is 6.35. The smallest absolute Gasteiger partial charge is 0.308 e. The van der Waals surface area contributed by atoms with E-state index in [4.69, 9.17) is 5.11 Å². The SMILES string of the molecule is CCN(CC(C)C(=O)O)C(=O)C(C)(C)C1CCCNC1.